The summed E-state index contributed by atoms with van der Waals surface area (Å²) in [5.74, 6) is -1.18. The zero-order valence-corrected chi connectivity index (χ0v) is 18.6. The number of nitrogens with one attached hydrogen (secondary N) is 1. The van der Waals surface area contributed by atoms with Crippen LogP contribution in [-0.2, 0) is 22.7 Å². The molecule has 164 valence electrons. The minimum atomic E-state index is -0.564. The Balaban J connectivity index is 1.65. The van der Waals surface area contributed by atoms with E-state index in [0.29, 0.717) is 10.7 Å². The molecule has 1 aliphatic rings. The van der Waals surface area contributed by atoms with Crippen molar-refractivity contribution in [2.24, 2.45) is 0 Å². The van der Waals surface area contributed by atoms with Crippen molar-refractivity contribution in [3.8, 4) is 0 Å². The Morgan fingerprint density at radius 1 is 1.42 bits per heavy atom. The van der Waals surface area contributed by atoms with Gasteiger partial charge in [-0.1, -0.05) is 48.0 Å². The Kier molecular flexibility index (Phi) is 7.51. The lowest BCUT2D eigenvalue weighted by atomic mass is 10.2. The van der Waals surface area contributed by atoms with Crippen LogP contribution in [0.15, 0.2) is 43.1 Å². The van der Waals surface area contributed by atoms with E-state index in [-0.39, 0.29) is 48.1 Å². The van der Waals surface area contributed by atoms with Gasteiger partial charge >= 0.3 is 0 Å². The van der Waals surface area contributed by atoms with Crippen molar-refractivity contribution in [2.45, 2.75) is 38.9 Å². The number of aromatic nitrogens is 2. The first-order valence-corrected chi connectivity index (χ1v) is 10.6. The van der Waals surface area contributed by atoms with E-state index in [0.717, 1.165) is 18.4 Å². The van der Waals surface area contributed by atoms with Crippen LogP contribution in [0.3, 0.4) is 0 Å². The summed E-state index contributed by atoms with van der Waals surface area (Å²) in [6.45, 7) is 5.31. The molecule has 0 unspecified atom stereocenters. The van der Waals surface area contributed by atoms with Gasteiger partial charge in [0.25, 0.3) is 0 Å². The third-order valence-electron chi connectivity index (χ3n) is 4.93. The molecule has 31 heavy (non-hydrogen) atoms. The number of rotatable bonds is 9. The molecule has 1 aromatic heterocycles. The van der Waals surface area contributed by atoms with E-state index < -0.39 is 5.82 Å². The number of hydrogen-bond donors (Lipinski definition) is 1. The van der Waals surface area contributed by atoms with Gasteiger partial charge in [0.2, 0.25) is 11.8 Å². The van der Waals surface area contributed by atoms with E-state index >= 15 is 0 Å². The summed E-state index contributed by atoms with van der Waals surface area (Å²) in [5.41, 5.74) is 1.74. The highest BCUT2D eigenvalue weighted by atomic mass is 35.5. The fourth-order valence-electron chi connectivity index (χ4n) is 3.21. The van der Waals surface area contributed by atoms with Crippen molar-refractivity contribution < 1.29 is 14.0 Å². The largest absolute Gasteiger partial charge is 0.350 e. The molecule has 0 atom stereocenters. The maximum absolute atomic E-state index is 14.0. The Hall–Kier alpha value is -2.64. The lowest BCUT2D eigenvalue weighted by Gasteiger charge is -2.22. The summed E-state index contributed by atoms with van der Waals surface area (Å²) in [6, 6.07) is 4.62. The molecule has 9 heteroatoms. The van der Waals surface area contributed by atoms with Crippen LogP contribution in [0, 0.1) is 12.7 Å². The van der Waals surface area contributed by atoms with E-state index in [1.54, 1.807) is 30.5 Å². The van der Waals surface area contributed by atoms with Gasteiger partial charge in [-0.2, -0.15) is 5.10 Å². The molecule has 0 aliphatic heterocycles. The van der Waals surface area contributed by atoms with Crippen molar-refractivity contribution in [1.29, 1.82) is 0 Å². The standard InChI is InChI=1S/C22H23Cl2FN4O2/c1-3-5-18(24)22-14(2)10-27-29(22)13-20(31)28(16-8-9-16)12-19(30)26-11-15-6-4-7-17(23)21(15)25/h3-7,10,16H,1,8-9,11-13H2,2H3,(H,26,30)/b18-5+. The van der Waals surface area contributed by atoms with Crippen molar-refractivity contribution >= 4 is 40.0 Å². The predicted molar refractivity (Wildman–Crippen MR) is 119 cm³/mol. The number of carbonyl (C=O) groups is 2. The Labute approximate surface area is 190 Å². The van der Waals surface area contributed by atoms with Crippen LogP contribution >= 0.6 is 23.2 Å². The average Bonchev–Trinajstić information content (AvgIpc) is 3.50. The number of amides is 2. The van der Waals surface area contributed by atoms with Gasteiger partial charge in [0.1, 0.15) is 12.4 Å². The third kappa shape index (κ3) is 5.74. The number of hydrogen-bond acceptors (Lipinski definition) is 3. The molecular weight excluding hydrogens is 442 g/mol. The molecule has 1 fully saturated rings. The normalized spacial score (nSPS) is 13.7. The third-order valence-corrected chi connectivity index (χ3v) is 5.52. The van der Waals surface area contributed by atoms with E-state index in [4.69, 9.17) is 23.2 Å². The van der Waals surface area contributed by atoms with Crippen LogP contribution in [0.25, 0.3) is 5.03 Å². The highest BCUT2D eigenvalue weighted by Crippen LogP contribution is 2.28. The van der Waals surface area contributed by atoms with Crippen LogP contribution in [-0.4, -0.2) is 39.1 Å². The molecule has 3 rings (SSSR count). The average molecular weight is 465 g/mol. The number of allylic oxidation sites excluding steroid dienone is 2. The zero-order chi connectivity index (χ0) is 22.5. The molecule has 1 saturated carbocycles. The summed E-state index contributed by atoms with van der Waals surface area (Å²) in [4.78, 5) is 27.0. The first kappa shape index (κ1) is 23.0. The monoisotopic (exact) mass is 464 g/mol. The molecular formula is C22H23Cl2FN4O2. The van der Waals surface area contributed by atoms with Crippen LogP contribution in [0.5, 0.6) is 0 Å². The van der Waals surface area contributed by atoms with Crippen LogP contribution < -0.4 is 5.32 Å². The Bertz CT molecular complexity index is 1030. The summed E-state index contributed by atoms with van der Waals surface area (Å²) in [7, 11) is 0. The Morgan fingerprint density at radius 3 is 2.84 bits per heavy atom. The lowest BCUT2D eigenvalue weighted by Crippen LogP contribution is -2.43. The maximum Gasteiger partial charge on any atom is 0.245 e. The predicted octanol–water partition coefficient (Wildman–Crippen LogP) is 4.06. The second kappa shape index (κ2) is 10.1. The highest BCUT2D eigenvalue weighted by molar-refractivity contribution is 6.48. The molecule has 2 amide bonds. The Morgan fingerprint density at radius 2 is 2.16 bits per heavy atom. The summed E-state index contributed by atoms with van der Waals surface area (Å²) < 4.78 is 15.5. The first-order chi connectivity index (χ1) is 14.8. The number of aryl methyl sites for hydroxylation is 1. The van der Waals surface area contributed by atoms with Gasteiger partial charge in [0.15, 0.2) is 0 Å². The van der Waals surface area contributed by atoms with Gasteiger partial charge in [-0.25, -0.2) is 4.39 Å². The summed E-state index contributed by atoms with van der Waals surface area (Å²) >= 11 is 12.1. The van der Waals surface area contributed by atoms with Gasteiger partial charge in [-0.15, -0.1) is 0 Å². The quantitative estimate of drug-likeness (QED) is 0.569. The zero-order valence-electron chi connectivity index (χ0n) is 17.1. The smallest absolute Gasteiger partial charge is 0.245 e. The maximum atomic E-state index is 14.0. The number of halogens is 3. The number of benzene rings is 1. The molecule has 1 heterocycles. The summed E-state index contributed by atoms with van der Waals surface area (Å²) in [5, 5.41) is 7.33. The molecule has 0 spiro atoms. The molecule has 0 bridgehead atoms. The fraction of sp³-hybridized carbons (Fsp3) is 0.318. The van der Waals surface area contributed by atoms with Crippen molar-refractivity contribution in [3.05, 3.63) is 70.8 Å². The van der Waals surface area contributed by atoms with Crippen molar-refractivity contribution in [3.63, 3.8) is 0 Å². The molecule has 2 aromatic rings. The molecule has 1 N–H and O–H groups in total. The van der Waals surface area contributed by atoms with Gasteiger partial charge in [0.05, 0.1) is 28.5 Å². The van der Waals surface area contributed by atoms with E-state index in [9.17, 15) is 14.0 Å². The minimum Gasteiger partial charge on any atom is -0.350 e. The molecule has 6 nitrogen and oxygen atoms in total. The van der Waals surface area contributed by atoms with Gasteiger partial charge in [-0.3, -0.25) is 14.3 Å². The van der Waals surface area contributed by atoms with Crippen LogP contribution in [0.4, 0.5) is 4.39 Å². The second-order valence-electron chi connectivity index (χ2n) is 7.33. The topological polar surface area (TPSA) is 67.2 Å². The SMILES string of the molecule is C=C/C=C(/Cl)c1c(C)cnn1CC(=O)N(CC(=O)NCc1cccc(Cl)c1F)C1CC1. The van der Waals surface area contributed by atoms with Crippen LogP contribution in [0.1, 0.15) is 29.7 Å². The molecule has 1 aliphatic carbocycles. The van der Waals surface area contributed by atoms with Crippen molar-refractivity contribution in [1.82, 2.24) is 20.0 Å². The summed E-state index contributed by atoms with van der Waals surface area (Å²) in [6.07, 6.45) is 6.50. The molecule has 1 aromatic carbocycles. The molecule has 0 saturated heterocycles. The highest BCUT2D eigenvalue weighted by Gasteiger charge is 2.34. The van der Waals surface area contributed by atoms with E-state index in [1.807, 2.05) is 6.92 Å². The number of carbonyl (C=O) groups excluding carboxylic acids is 2. The first-order valence-electron chi connectivity index (χ1n) is 9.81. The van der Waals surface area contributed by atoms with E-state index in [1.165, 1.54) is 15.6 Å². The van der Waals surface area contributed by atoms with Crippen molar-refractivity contribution in [2.75, 3.05) is 6.54 Å². The van der Waals surface area contributed by atoms with Gasteiger partial charge in [0, 0.05) is 18.2 Å². The van der Waals surface area contributed by atoms with Gasteiger partial charge < -0.3 is 10.2 Å². The van der Waals surface area contributed by atoms with Crippen LogP contribution in [0.2, 0.25) is 5.02 Å². The lowest BCUT2D eigenvalue weighted by molar-refractivity contribution is -0.137. The number of nitrogens with zero attached hydrogens (tertiary/aromatic N) is 3. The van der Waals surface area contributed by atoms with Gasteiger partial charge in [-0.05, 0) is 37.5 Å². The second-order valence-corrected chi connectivity index (χ2v) is 8.14. The minimum absolute atomic E-state index is 0.00369. The molecule has 0 radical (unpaired) electrons. The fourth-order valence-corrected chi connectivity index (χ4v) is 3.74. The van der Waals surface area contributed by atoms with E-state index in [2.05, 4.69) is 17.0 Å².